The van der Waals surface area contributed by atoms with E-state index in [1.807, 2.05) is 6.92 Å². The van der Waals surface area contributed by atoms with E-state index in [1.165, 1.54) is 17.5 Å². The van der Waals surface area contributed by atoms with Crippen LogP contribution in [-0.2, 0) is 11.8 Å². The van der Waals surface area contributed by atoms with Crippen molar-refractivity contribution in [2.24, 2.45) is 5.92 Å². The summed E-state index contributed by atoms with van der Waals surface area (Å²) in [5.41, 5.74) is 5.17. The van der Waals surface area contributed by atoms with Gasteiger partial charge in [0.15, 0.2) is 11.5 Å². The first-order valence-electron chi connectivity index (χ1n) is 7.22. The van der Waals surface area contributed by atoms with Gasteiger partial charge in [0.25, 0.3) is 0 Å². The Morgan fingerprint density at radius 2 is 2.26 bits per heavy atom. The van der Waals surface area contributed by atoms with E-state index in [-0.39, 0.29) is 5.41 Å². The van der Waals surface area contributed by atoms with Gasteiger partial charge in [0.1, 0.15) is 5.52 Å². The number of aromatic nitrogens is 1. The van der Waals surface area contributed by atoms with Crippen LogP contribution in [0, 0.1) is 12.8 Å². The van der Waals surface area contributed by atoms with Crippen molar-refractivity contribution in [3.63, 3.8) is 0 Å². The fraction of sp³-hybridized carbons (Fsp3) is 0.562. The van der Waals surface area contributed by atoms with Crippen molar-refractivity contribution in [1.82, 2.24) is 10.3 Å². The van der Waals surface area contributed by atoms with E-state index in [2.05, 4.69) is 36.3 Å². The SMILES string of the molecule is Cc1nc2cc3c(cc2o1)C1(C)CCNC(C3)C1C. The molecule has 2 aliphatic rings. The van der Waals surface area contributed by atoms with Crippen molar-refractivity contribution in [2.75, 3.05) is 6.54 Å². The summed E-state index contributed by atoms with van der Waals surface area (Å²) in [6.45, 7) is 7.84. The quantitative estimate of drug-likeness (QED) is 0.787. The third-order valence-corrected chi connectivity index (χ3v) is 5.43. The van der Waals surface area contributed by atoms with Gasteiger partial charge in [-0.3, -0.25) is 0 Å². The molecule has 1 aromatic heterocycles. The Morgan fingerprint density at radius 3 is 3.11 bits per heavy atom. The average molecular weight is 256 g/mol. The number of hydrogen-bond donors (Lipinski definition) is 1. The summed E-state index contributed by atoms with van der Waals surface area (Å²) in [4.78, 5) is 4.47. The van der Waals surface area contributed by atoms with Crippen LogP contribution in [0.3, 0.4) is 0 Å². The Kier molecular flexibility index (Phi) is 2.17. The van der Waals surface area contributed by atoms with Crippen molar-refractivity contribution >= 4 is 11.1 Å². The van der Waals surface area contributed by atoms with E-state index in [4.69, 9.17) is 4.42 Å². The molecule has 0 spiro atoms. The minimum absolute atomic E-state index is 0.276. The molecular weight excluding hydrogens is 236 g/mol. The number of rotatable bonds is 0. The number of fused-ring (bicyclic) bond motifs is 5. The number of oxazole rings is 1. The molecule has 0 saturated carbocycles. The molecule has 19 heavy (non-hydrogen) atoms. The number of benzene rings is 1. The second-order valence-electron chi connectivity index (χ2n) is 6.43. The minimum atomic E-state index is 0.276. The highest BCUT2D eigenvalue weighted by atomic mass is 16.3. The average Bonchev–Trinajstić information content (AvgIpc) is 2.71. The van der Waals surface area contributed by atoms with Crippen molar-refractivity contribution in [3.8, 4) is 0 Å². The van der Waals surface area contributed by atoms with Gasteiger partial charge < -0.3 is 9.73 Å². The number of nitrogens with zero attached hydrogens (tertiary/aromatic N) is 1. The molecule has 1 fully saturated rings. The van der Waals surface area contributed by atoms with Crippen LogP contribution in [0.1, 0.15) is 37.3 Å². The van der Waals surface area contributed by atoms with Gasteiger partial charge >= 0.3 is 0 Å². The standard InChI is InChI=1S/C16H20N2O/c1-9-13-6-11-7-14-15(19-10(2)18-14)8-12(11)16(9,3)4-5-17-13/h7-9,13,17H,4-6H2,1-3H3. The third-order valence-electron chi connectivity index (χ3n) is 5.43. The molecule has 1 N–H and O–H groups in total. The van der Waals surface area contributed by atoms with Gasteiger partial charge in [0.2, 0.25) is 0 Å². The molecule has 1 aliphatic heterocycles. The van der Waals surface area contributed by atoms with Gasteiger partial charge in [-0.05, 0) is 54.0 Å². The smallest absolute Gasteiger partial charge is 0.192 e. The maximum atomic E-state index is 5.73. The van der Waals surface area contributed by atoms with Crippen LogP contribution in [0.5, 0.6) is 0 Å². The molecule has 1 saturated heterocycles. The lowest BCUT2D eigenvalue weighted by Gasteiger charge is -2.50. The summed E-state index contributed by atoms with van der Waals surface area (Å²) in [5, 5.41) is 3.68. The van der Waals surface area contributed by atoms with Gasteiger partial charge in [0, 0.05) is 13.0 Å². The summed E-state index contributed by atoms with van der Waals surface area (Å²) in [7, 11) is 0. The van der Waals surface area contributed by atoms with E-state index in [0.29, 0.717) is 12.0 Å². The Morgan fingerprint density at radius 1 is 1.42 bits per heavy atom. The highest BCUT2D eigenvalue weighted by molar-refractivity contribution is 5.76. The van der Waals surface area contributed by atoms with Gasteiger partial charge in [0.05, 0.1) is 0 Å². The topological polar surface area (TPSA) is 38.1 Å². The van der Waals surface area contributed by atoms with Crippen LogP contribution < -0.4 is 5.32 Å². The Labute approximate surface area is 113 Å². The zero-order valence-corrected chi connectivity index (χ0v) is 11.8. The summed E-state index contributed by atoms with van der Waals surface area (Å²) in [6, 6.07) is 5.10. The van der Waals surface area contributed by atoms with Gasteiger partial charge in [-0.25, -0.2) is 4.98 Å². The van der Waals surface area contributed by atoms with Gasteiger partial charge in [-0.1, -0.05) is 13.8 Å². The molecule has 0 amide bonds. The number of aryl methyl sites for hydroxylation is 1. The van der Waals surface area contributed by atoms with E-state index >= 15 is 0 Å². The zero-order valence-electron chi connectivity index (χ0n) is 11.8. The van der Waals surface area contributed by atoms with Crippen molar-refractivity contribution in [2.45, 2.75) is 45.1 Å². The Hall–Kier alpha value is -1.35. The highest BCUT2D eigenvalue weighted by Gasteiger charge is 2.45. The van der Waals surface area contributed by atoms with Crippen molar-refractivity contribution in [1.29, 1.82) is 0 Å². The Bertz CT molecular complexity index is 660. The normalized spacial score (nSPS) is 33.4. The van der Waals surface area contributed by atoms with Crippen molar-refractivity contribution in [3.05, 3.63) is 29.2 Å². The first-order chi connectivity index (χ1) is 9.08. The summed E-state index contributed by atoms with van der Waals surface area (Å²) in [5.74, 6) is 1.44. The van der Waals surface area contributed by atoms with Crippen LogP contribution in [0.2, 0.25) is 0 Å². The minimum Gasteiger partial charge on any atom is -0.441 e. The third kappa shape index (κ3) is 1.45. The molecule has 3 heteroatoms. The first kappa shape index (κ1) is 11.5. The molecule has 2 bridgehead atoms. The predicted molar refractivity (Wildman–Crippen MR) is 75.4 cm³/mol. The van der Waals surface area contributed by atoms with Gasteiger partial charge in [-0.15, -0.1) is 0 Å². The zero-order chi connectivity index (χ0) is 13.2. The number of piperidine rings is 1. The van der Waals surface area contributed by atoms with E-state index in [0.717, 1.165) is 30.0 Å². The largest absolute Gasteiger partial charge is 0.441 e. The fourth-order valence-electron chi connectivity index (χ4n) is 4.06. The van der Waals surface area contributed by atoms with Gasteiger partial charge in [-0.2, -0.15) is 0 Å². The van der Waals surface area contributed by atoms with Crippen LogP contribution in [0.15, 0.2) is 16.5 Å². The molecule has 0 radical (unpaired) electrons. The molecule has 2 aromatic rings. The molecule has 100 valence electrons. The first-order valence-corrected chi connectivity index (χ1v) is 7.22. The number of hydrogen-bond acceptors (Lipinski definition) is 3. The summed E-state index contributed by atoms with van der Waals surface area (Å²) < 4.78 is 5.73. The van der Waals surface area contributed by atoms with Crippen LogP contribution in [-0.4, -0.2) is 17.6 Å². The number of nitrogens with one attached hydrogen (secondary N) is 1. The van der Waals surface area contributed by atoms with E-state index in [1.54, 1.807) is 0 Å². The lowest BCUT2D eigenvalue weighted by atomic mass is 9.59. The summed E-state index contributed by atoms with van der Waals surface area (Å²) >= 11 is 0. The fourth-order valence-corrected chi connectivity index (χ4v) is 4.06. The highest BCUT2D eigenvalue weighted by Crippen LogP contribution is 2.46. The lowest BCUT2D eigenvalue weighted by molar-refractivity contribution is 0.158. The maximum Gasteiger partial charge on any atom is 0.192 e. The van der Waals surface area contributed by atoms with E-state index in [9.17, 15) is 0 Å². The summed E-state index contributed by atoms with van der Waals surface area (Å²) in [6.07, 6.45) is 2.32. The predicted octanol–water partition coefficient (Wildman–Crippen LogP) is 2.95. The molecule has 3 nitrogen and oxygen atoms in total. The van der Waals surface area contributed by atoms with Crippen molar-refractivity contribution < 1.29 is 4.42 Å². The second-order valence-corrected chi connectivity index (χ2v) is 6.43. The Balaban J connectivity index is 1.98. The molecule has 3 unspecified atom stereocenters. The molecular formula is C16H20N2O. The molecule has 1 aliphatic carbocycles. The molecule has 1 aromatic carbocycles. The molecule has 4 rings (SSSR count). The van der Waals surface area contributed by atoms with Crippen LogP contribution in [0.4, 0.5) is 0 Å². The maximum absolute atomic E-state index is 5.73. The lowest BCUT2D eigenvalue weighted by Crippen LogP contribution is -2.56. The molecule has 2 heterocycles. The van der Waals surface area contributed by atoms with E-state index < -0.39 is 0 Å². The molecule has 3 atom stereocenters. The van der Waals surface area contributed by atoms with Crippen LogP contribution in [0.25, 0.3) is 11.1 Å². The van der Waals surface area contributed by atoms with Crippen LogP contribution >= 0.6 is 0 Å². The second kappa shape index (κ2) is 3.60. The monoisotopic (exact) mass is 256 g/mol.